The van der Waals surface area contributed by atoms with Gasteiger partial charge < -0.3 is 14.9 Å². The van der Waals surface area contributed by atoms with E-state index in [9.17, 15) is 14.7 Å². The fraction of sp³-hybridized carbons (Fsp3) is 0.435. The molecule has 1 aromatic carbocycles. The number of pyridine rings is 1. The summed E-state index contributed by atoms with van der Waals surface area (Å²) in [6.07, 6.45) is 1.97. The highest BCUT2D eigenvalue weighted by Gasteiger charge is 2.49. The molecule has 0 aliphatic carbocycles. The summed E-state index contributed by atoms with van der Waals surface area (Å²) >= 11 is 5.84. The number of hydrogen-bond donors (Lipinski definition) is 3. The number of carboxylic acids is 1. The number of aliphatic hydroxyl groups excluding tert-OH is 1. The Balaban J connectivity index is 1.85. The Morgan fingerprint density at radius 1 is 1.26 bits per heavy atom. The van der Waals surface area contributed by atoms with Crippen molar-refractivity contribution in [2.75, 3.05) is 0 Å². The Labute approximate surface area is 186 Å². The molecule has 1 aromatic heterocycles. The van der Waals surface area contributed by atoms with Crippen LogP contribution in [0.25, 0.3) is 0 Å². The van der Waals surface area contributed by atoms with Crippen molar-refractivity contribution in [3.05, 3.63) is 64.4 Å². The van der Waals surface area contributed by atoms with Crippen LogP contribution in [0.5, 0.6) is 0 Å². The van der Waals surface area contributed by atoms with Gasteiger partial charge in [-0.1, -0.05) is 29.8 Å². The number of carboxylic acid groups (broad SMARTS) is 1. The van der Waals surface area contributed by atoms with Gasteiger partial charge in [0.25, 0.3) is 0 Å². The average molecular weight is 447 g/mol. The number of esters is 1. The van der Waals surface area contributed by atoms with E-state index in [0.717, 1.165) is 5.56 Å². The summed E-state index contributed by atoms with van der Waals surface area (Å²) in [5.41, 5.74) is -0.128. The first-order valence-corrected chi connectivity index (χ1v) is 10.5. The van der Waals surface area contributed by atoms with Crippen molar-refractivity contribution in [1.29, 1.82) is 0 Å². The standard InChI is InChI=1S/C23H27ClN2O5/c1-22(2,3)31-21(30)23(12-14-4-6-15(7-5-14)20(28)29)11-10-17(26-23)19(27)16-8-9-18(24)25-13-16/h4-9,13,17,19,26-27H,10-12H2,1-3H3,(H,28,29)/t17-,19-,23+/m1/s1. The number of nitrogens with one attached hydrogen (secondary N) is 1. The third kappa shape index (κ3) is 5.61. The van der Waals surface area contributed by atoms with E-state index in [1.54, 1.807) is 45.0 Å². The number of carbonyl (C=O) groups is 2. The summed E-state index contributed by atoms with van der Waals surface area (Å²) in [5.74, 6) is -1.40. The monoisotopic (exact) mass is 446 g/mol. The minimum atomic E-state index is -1.04. The molecule has 7 nitrogen and oxygen atoms in total. The summed E-state index contributed by atoms with van der Waals surface area (Å²) in [5, 5.41) is 23.6. The van der Waals surface area contributed by atoms with E-state index in [0.29, 0.717) is 30.0 Å². The Morgan fingerprint density at radius 2 is 1.94 bits per heavy atom. The SMILES string of the molecule is CC(C)(C)OC(=O)[C@@]1(Cc2ccc(C(=O)O)cc2)CC[C@H]([C@H](O)c2ccc(Cl)nc2)N1. The van der Waals surface area contributed by atoms with Gasteiger partial charge in [-0.25, -0.2) is 9.78 Å². The number of ether oxygens (including phenoxy) is 1. The smallest absolute Gasteiger partial charge is 0.335 e. The first-order valence-electron chi connectivity index (χ1n) is 10.1. The third-order valence-corrected chi connectivity index (χ3v) is 5.54. The molecule has 166 valence electrons. The largest absolute Gasteiger partial charge is 0.478 e. The molecule has 3 rings (SSSR count). The number of benzene rings is 1. The van der Waals surface area contributed by atoms with Gasteiger partial charge in [0, 0.05) is 24.2 Å². The fourth-order valence-corrected chi connectivity index (χ4v) is 3.91. The second-order valence-electron chi connectivity index (χ2n) is 8.91. The summed E-state index contributed by atoms with van der Waals surface area (Å²) in [4.78, 5) is 28.4. The Bertz CT molecular complexity index is 940. The van der Waals surface area contributed by atoms with Crippen molar-refractivity contribution in [2.24, 2.45) is 0 Å². The lowest BCUT2D eigenvalue weighted by Crippen LogP contribution is -2.55. The molecule has 0 amide bonds. The zero-order valence-corrected chi connectivity index (χ0v) is 18.5. The second kappa shape index (κ2) is 8.94. The molecule has 0 saturated carbocycles. The molecule has 2 heterocycles. The van der Waals surface area contributed by atoms with Gasteiger partial charge in [-0.2, -0.15) is 0 Å². The number of aromatic carboxylic acids is 1. The first kappa shape index (κ1) is 23.2. The van der Waals surface area contributed by atoms with Crippen LogP contribution in [0.1, 0.15) is 61.2 Å². The minimum absolute atomic E-state index is 0.179. The van der Waals surface area contributed by atoms with Crippen molar-refractivity contribution >= 4 is 23.5 Å². The molecule has 1 aliphatic heterocycles. The van der Waals surface area contributed by atoms with Gasteiger partial charge in [-0.15, -0.1) is 0 Å². The first-order chi connectivity index (χ1) is 14.5. The second-order valence-corrected chi connectivity index (χ2v) is 9.30. The highest BCUT2D eigenvalue weighted by atomic mass is 35.5. The molecule has 2 aromatic rings. The molecule has 0 spiro atoms. The van der Waals surface area contributed by atoms with Crippen LogP contribution in [0.3, 0.4) is 0 Å². The van der Waals surface area contributed by atoms with Gasteiger partial charge in [0.05, 0.1) is 11.7 Å². The van der Waals surface area contributed by atoms with E-state index in [1.807, 2.05) is 0 Å². The van der Waals surface area contributed by atoms with Crippen molar-refractivity contribution < 1.29 is 24.5 Å². The molecule has 31 heavy (non-hydrogen) atoms. The lowest BCUT2D eigenvalue weighted by molar-refractivity contribution is -0.163. The summed E-state index contributed by atoms with van der Waals surface area (Å²) in [6.45, 7) is 5.42. The number of aromatic nitrogens is 1. The van der Waals surface area contributed by atoms with Crippen molar-refractivity contribution in [2.45, 2.75) is 63.3 Å². The number of aliphatic hydroxyl groups is 1. The molecule has 0 radical (unpaired) electrons. The molecule has 0 bridgehead atoms. The van der Waals surface area contributed by atoms with Crippen LogP contribution in [0.15, 0.2) is 42.6 Å². The molecular weight excluding hydrogens is 420 g/mol. The van der Waals surface area contributed by atoms with E-state index >= 15 is 0 Å². The summed E-state index contributed by atoms with van der Waals surface area (Å²) in [7, 11) is 0. The Kier molecular flexibility index (Phi) is 6.69. The van der Waals surface area contributed by atoms with Crippen molar-refractivity contribution in [1.82, 2.24) is 10.3 Å². The maximum Gasteiger partial charge on any atom is 0.335 e. The predicted molar refractivity (Wildman–Crippen MR) is 116 cm³/mol. The van der Waals surface area contributed by atoms with Crippen LogP contribution in [-0.2, 0) is 16.0 Å². The van der Waals surface area contributed by atoms with Crippen LogP contribution >= 0.6 is 11.6 Å². The van der Waals surface area contributed by atoms with Crippen LogP contribution in [0.2, 0.25) is 5.15 Å². The average Bonchev–Trinajstić information content (AvgIpc) is 3.12. The molecule has 1 fully saturated rings. The molecule has 1 saturated heterocycles. The van der Waals surface area contributed by atoms with Gasteiger partial charge in [0.1, 0.15) is 16.3 Å². The Morgan fingerprint density at radius 3 is 2.48 bits per heavy atom. The molecule has 8 heteroatoms. The number of nitrogens with zero attached hydrogens (tertiary/aromatic N) is 1. The maximum absolute atomic E-state index is 13.2. The zero-order valence-electron chi connectivity index (χ0n) is 17.8. The summed E-state index contributed by atoms with van der Waals surface area (Å²) < 4.78 is 5.70. The maximum atomic E-state index is 13.2. The van der Waals surface area contributed by atoms with Gasteiger partial charge in [0.2, 0.25) is 0 Å². The minimum Gasteiger partial charge on any atom is -0.478 e. The Hall–Kier alpha value is -2.48. The molecule has 0 unspecified atom stereocenters. The lowest BCUT2D eigenvalue weighted by Gasteiger charge is -2.33. The molecule has 3 N–H and O–H groups in total. The van der Waals surface area contributed by atoms with Crippen LogP contribution in [0.4, 0.5) is 0 Å². The fourth-order valence-electron chi connectivity index (χ4n) is 3.79. The number of hydrogen-bond acceptors (Lipinski definition) is 6. The number of carbonyl (C=O) groups excluding carboxylic acids is 1. The predicted octanol–water partition coefficient (Wildman–Crippen LogP) is 3.54. The number of halogens is 1. The van der Waals surface area contributed by atoms with Gasteiger partial charge in [-0.3, -0.25) is 10.1 Å². The highest BCUT2D eigenvalue weighted by Crippen LogP contribution is 2.35. The molecule has 1 aliphatic rings. The van der Waals surface area contributed by atoms with Crippen LogP contribution < -0.4 is 5.32 Å². The van der Waals surface area contributed by atoms with E-state index in [1.165, 1.54) is 18.3 Å². The van der Waals surface area contributed by atoms with Crippen molar-refractivity contribution in [3.8, 4) is 0 Å². The van der Waals surface area contributed by atoms with E-state index in [-0.39, 0.29) is 11.6 Å². The van der Waals surface area contributed by atoms with Gasteiger partial charge in [0.15, 0.2) is 0 Å². The third-order valence-electron chi connectivity index (χ3n) is 5.31. The zero-order chi connectivity index (χ0) is 22.8. The molecule has 3 atom stereocenters. The highest BCUT2D eigenvalue weighted by molar-refractivity contribution is 6.29. The van der Waals surface area contributed by atoms with Crippen molar-refractivity contribution in [3.63, 3.8) is 0 Å². The van der Waals surface area contributed by atoms with Gasteiger partial charge >= 0.3 is 11.9 Å². The normalized spacial score (nSPS) is 22.2. The van der Waals surface area contributed by atoms with Crippen LogP contribution in [0, 0.1) is 0 Å². The number of rotatable bonds is 6. The van der Waals surface area contributed by atoms with E-state index < -0.39 is 29.2 Å². The van der Waals surface area contributed by atoms with Gasteiger partial charge in [-0.05, 0) is 57.4 Å². The lowest BCUT2D eigenvalue weighted by atomic mass is 9.88. The van der Waals surface area contributed by atoms with E-state index in [2.05, 4.69) is 10.3 Å². The molecular formula is C23H27ClN2O5. The topological polar surface area (TPSA) is 109 Å². The van der Waals surface area contributed by atoms with E-state index in [4.69, 9.17) is 21.4 Å². The quantitative estimate of drug-likeness (QED) is 0.460. The summed E-state index contributed by atoms with van der Waals surface area (Å²) in [6, 6.07) is 9.37. The van der Waals surface area contributed by atoms with Crippen LogP contribution in [-0.4, -0.2) is 44.3 Å².